The monoisotopic (exact) mass is 178 g/mol. The topological polar surface area (TPSA) is 101 Å². The summed E-state index contributed by atoms with van der Waals surface area (Å²) in [5.41, 5.74) is -1.77. The van der Waals surface area contributed by atoms with Crippen LogP contribution in [-0.4, -0.2) is 56.1 Å². The summed E-state index contributed by atoms with van der Waals surface area (Å²) in [6.07, 6.45) is -3.71. The molecule has 4 unspecified atom stereocenters. The van der Waals surface area contributed by atoms with E-state index in [1.807, 2.05) is 0 Å². The predicted molar refractivity (Wildman–Crippen MR) is 39.2 cm³/mol. The van der Waals surface area contributed by atoms with Crippen LogP contribution in [0.15, 0.2) is 0 Å². The van der Waals surface area contributed by atoms with Gasteiger partial charge in [0.25, 0.3) is 0 Å². The van der Waals surface area contributed by atoms with Crippen LogP contribution in [0, 0.1) is 5.92 Å². The van der Waals surface area contributed by atoms with Crippen molar-refractivity contribution in [2.24, 2.45) is 5.92 Å². The van der Waals surface area contributed by atoms with Crippen LogP contribution in [0.3, 0.4) is 0 Å². The smallest absolute Gasteiger partial charge is 0.126 e. The second-order valence-electron chi connectivity index (χ2n) is 3.29. The van der Waals surface area contributed by atoms with E-state index in [0.717, 1.165) is 0 Å². The van der Waals surface area contributed by atoms with Gasteiger partial charge in [0.1, 0.15) is 11.7 Å². The van der Waals surface area contributed by atoms with Crippen LogP contribution < -0.4 is 0 Å². The van der Waals surface area contributed by atoms with Crippen LogP contribution in [0.2, 0.25) is 0 Å². The van der Waals surface area contributed by atoms with Gasteiger partial charge >= 0.3 is 0 Å². The Hall–Kier alpha value is -0.200. The normalized spacial score (nSPS) is 50.0. The molecule has 1 aliphatic carbocycles. The van der Waals surface area contributed by atoms with Gasteiger partial charge in [-0.15, -0.1) is 0 Å². The highest BCUT2D eigenvalue weighted by Gasteiger charge is 2.62. The van der Waals surface area contributed by atoms with Crippen LogP contribution in [-0.2, 0) is 0 Å². The minimum atomic E-state index is -1.77. The van der Waals surface area contributed by atoms with Crippen molar-refractivity contribution in [3.8, 4) is 0 Å². The fourth-order valence-electron chi connectivity index (χ4n) is 1.68. The van der Waals surface area contributed by atoms with Gasteiger partial charge in [0, 0.05) is 5.92 Å². The first-order valence-corrected chi connectivity index (χ1v) is 3.83. The number of hydrogen-bond acceptors (Lipinski definition) is 5. The Morgan fingerprint density at radius 2 is 1.92 bits per heavy atom. The fourth-order valence-corrected chi connectivity index (χ4v) is 1.68. The lowest BCUT2D eigenvalue weighted by Crippen LogP contribution is -2.75. The van der Waals surface area contributed by atoms with E-state index in [4.69, 9.17) is 20.4 Å². The zero-order valence-electron chi connectivity index (χ0n) is 6.75. The van der Waals surface area contributed by atoms with E-state index in [1.54, 1.807) is 0 Å². The summed E-state index contributed by atoms with van der Waals surface area (Å²) in [5.74, 6) is -0.868. The van der Waals surface area contributed by atoms with Crippen molar-refractivity contribution in [3.05, 3.63) is 0 Å². The van der Waals surface area contributed by atoms with Crippen molar-refractivity contribution in [2.45, 2.75) is 30.8 Å². The van der Waals surface area contributed by atoms with Crippen molar-refractivity contribution in [1.29, 1.82) is 0 Å². The van der Waals surface area contributed by atoms with E-state index in [9.17, 15) is 5.11 Å². The summed E-state index contributed by atoms with van der Waals surface area (Å²) in [6.45, 7) is 0.845. The van der Waals surface area contributed by atoms with Gasteiger partial charge in [0.2, 0.25) is 0 Å². The Labute approximate surface area is 69.9 Å². The van der Waals surface area contributed by atoms with Gasteiger partial charge < -0.3 is 25.5 Å². The Bertz CT molecular complexity index is 171. The third-order valence-electron chi connectivity index (χ3n) is 2.67. The lowest BCUT2D eigenvalue weighted by atomic mass is 9.62. The second kappa shape index (κ2) is 2.93. The summed E-state index contributed by atoms with van der Waals surface area (Å²) in [7, 11) is 0. The molecule has 1 rings (SSSR count). The molecule has 0 aromatic carbocycles. The van der Waals surface area contributed by atoms with Crippen molar-refractivity contribution in [3.63, 3.8) is 0 Å². The van der Waals surface area contributed by atoms with Gasteiger partial charge in [-0.05, 0) is 6.92 Å². The van der Waals surface area contributed by atoms with Crippen molar-refractivity contribution in [1.82, 2.24) is 0 Å². The molecule has 1 aliphatic rings. The number of aliphatic hydroxyl groups excluding tert-OH is 4. The molecule has 0 spiro atoms. The van der Waals surface area contributed by atoms with Gasteiger partial charge in [0.05, 0.1) is 18.8 Å². The molecule has 0 aliphatic heterocycles. The summed E-state index contributed by atoms with van der Waals surface area (Å²) in [5, 5.41) is 45.6. The molecule has 5 N–H and O–H groups in total. The quantitative estimate of drug-likeness (QED) is 0.320. The summed E-state index contributed by atoms with van der Waals surface area (Å²) in [6, 6.07) is 0. The zero-order valence-corrected chi connectivity index (χ0v) is 6.75. The molecule has 0 saturated heterocycles. The highest BCUT2D eigenvalue weighted by atomic mass is 16.4. The Kier molecular flexibility index (Phi) is 2.42. The van der Waals surface area contributed by atoms with E-state index in [0.29, 0.717) is 0 Å². The fraction of sp³-hybridized carbons (Fsp3) is 1.00. The lowest BCUT2D eigenvalue weighted by Gasteiger charge is -2.54. The maximum absolute atomic E-state index is 9.57. The molecule has 0 bridgehead atoms. The molecule has 1 saturated carbocycles. The van der Waals surface area contributed by atoms with E-state index >= 15 is 0 Å². The van der Waals surface area contributed by atoms with Crippen LogP contribution in [0.1, 0.15) is 6.92 Å². The van der Waals surface area contributed by atoms with E-state index in [2.05, 4.69) is 0 Å². The Morgan fingerprint density at radius 3 is 2.17 bits per heavy atom. The van der Waals surface area contributed by atoms with Gasteiger partial charge in [-0.3, -0.25) is 0 Å². The largest absolute Gasteiger partial charge is 0.396 e. The molecular formula is C7H14O5. The standard InChI is InChI=1S/C7H14O5/c1-3(9)7(12)4(2-8)5(10)6(7)11/h3-6,8-12H,2H2,1H3/t3-,4?,5?,6?,7?/m0/s1. The minimum absolute atomic E-state index is 0.459. The van der Waals surface area contributed by atoms with Crippen molar-refractivity contribution < 1.29 is 25.5 Å². The number of hydrogen-bond donors (Lipinski definition) is 5. The van der Waals surface area contributed by atoms with E-state index < -0.39 is 36.4 Å². The average molecular weight is 178 g/mol. The maximum Gasteiger partial charge on any atom is 0.126 e. The number of aliphatic hydroxyl groups is 5. The molecule has 5 heteroatoms. The van der Waals surface area contributed by atoms with E-state index in [1.165, 1.54) is 6.92 Å². The molecule has 0 amide bonds. The van der Waals surface area contributed by atoms with Crippen LogP contribution in [0.5, 0.6) is 0 Å². The van der Waals surface area contributed by atoms with Gasteiger partial charge in [-0.25, -0.2) is 0 Å². The van der Waals surface area contributed by atoms with E-state index in [-0.39, 0.29) is 0 Å². The summed E-state index contributed by atoms with van der Waals surface area (Å²) < 4.78 is 0. The van der Waals surface area contributed by atoms with Gasteiger partial charge in [-0.1, -0.05) is 0 Å². The van der Waals surface area contributed by atoms with Crippen LogP contribution in [0.25, 0.3) is 0 Å². The Balaban J connectivity index is 2.76. The van der Waals surface area contributed by atoms with Gasteiger partial charge in [0.15, 0.2) is 0 Å². The maximum atomic E-state index is 9.57. The highest BCUT2D eigenvalue weighted by Crippen LogP contribution is 2.41. The molecule has 0 heterocycles. The molecule has 0 radical (unpaired) electrons. The predicted octanol–water partition coefficient (Wildman–Crippen LogP) is -2.56. The van der Waals surface area contributed by atoms with Crippen molar-refractivity contribution in [2.75, 3.05) is 6.61 Å². The summed E-state index contributed by atoms with van der Waals surface area (Å²) >= 11 is 0. The lowest BCUT2D eigenvalue weighted by molar-refractivity contribution is -0.298. The first kappa shape index (κ1) is 9.88. The first-order valence-electron chi connectivity index (χ1n) is 3.83. The molecular weight excluding hydrogens is 164 g/mol. The molecule has 0 aromatic heterocycles. The molecule has 5 atom stereocenters. The zero-order chi connectivity index (χ0) is 9.52. The first-order chi connectivity index (χ1) is 5.46. The second-order valence-corrected chi connectivity index (χ2v) is 3.29. The Morgan fingerprint density at radius 1 is 1.42 bits per heavy atom. The highest BCUT2D eigenvalue weighted by molar-refractivity contribution is 5.12. The third-order valence-corrected chi connectivity index (χ3v) is 2.67. The average Bonchev–Trinajstić information content (AvgIpc) is 2.04. The SMILES string of the molecule is C[C@H](O)C1(O)C(O)C(O)C1CO. The van der Waals surface area contributed by atoms with Crippen LogP contribution in [0.4, 0.5) is 0 Å². The van der Waals surface area contributed by atoms with Gasteiger partial charge in [-0.2, -0.15) is 0 Å². The number of rotatable bonds is 2. The molecule has 12 heavy (non-hydrogen) atoms. The molecule has 5 nitrogen and oxygen atoms in total. The van der Waals surface area contributed by atoms with Crippen LogP contribution >= 0.6 is 0 Å². The van der Waals surface area contributed by atoms with Crippen molar-refractivity contribution >= 4 is 0 Å². The minimum Gasteiger partial charge on any atom is -0.396 e. The third kappa shape index (κ3) is 0.982. The molecule has 1 fully saturated rings. The molecule has 72 valence electrons. The molecule has 0 aromatic rings. The summed E-state index contributed by atoms with van der Waals surface area (Å²) in [4.78, 5) is 0.